The summed E-state index contributed by atoms with van der Waals surface area (Å²) in [5, 5.41) is 16.8. The Balaban J connectivity index is 2.38. The number of nitrogens with zero attached hydrogens (tertiary/aromatic N) is 2. The van der Waals surface area contributed by atoms with Crippen molar-refractivity contribution in [1.82, 2.24) is 0 Å². The van der Waals surface area contributed by atoms with E-state index in [2.05, 4.69) is 4.90 Å². The average molecular weight is 278 g/mol. The number of nitrogen functional groups attached to an aromatic ring is 1. The fraction of sp³-hybridized carbons (Fsp3) is 0.385. The van der Waals surface area contributed by atoms with Crippen LogP contribution in [0.5, 0.6) is 0 Å². The molecule has 5 nitrogen and oxygen atoms in total. The van der Waals surface area contributed by atoms with Crippen molar-refractivity contribution >= 4 is 28.7 Å². The molecule has 0 saturated carbocycles. The smallest absolute Gasteiger partial charge is 0.143 e. The number of hydrogen-bond donors (Lipinski definition) is 3. The maximum absolute atomic E-state index is 8.85. The second kappa shape index (κ2) is 5.47. The predicted molar refractivity (Wildman–Crippen MR) is 77.7 cm³/mol. The Labute approximate surface area is 117 Å². The largest absolute Gasteiger partial charge is 0.396 e. The van der Waals surface area contributed by atoms with Crippen molar-refractivity contribution in [2.24, 2.45) is 5.73 Å². The first-order chi connectivity index (χ1) is 9.04. The van der Waals surface area contributed by atoms with Gasteiger partial charge in [-0.15, -0.1) is 0 Å². The summed E-state index contributed by atoms with van der Waals surface area (Å²) in [4.78, 5) is 2.13. The van der Waals surface area contributed by atoms with Crippen LogP contribution in [-0.2, 0) is 0 Å². The number of benzene rings is 1. The lowest BCUT2D eigenvalue weighted by atomic mass is 10.0. The normalized spacial score (nSPS) is 16.2. The second-order valence-electron chi connectivity index (χ2n) is 4.67. The van der Waals surface area contributed by atoms with E-state index in [1.807, 2.05) is 6.07 Å². The highest BCUT2D eigenvalue weighted by Crippen LogP contribution is 2.33. The highest BCUT2D eigenvalue weighted by Gasteiger charge is 2.21. The number of rotatable bonds is 2. The third-order valence-electron chi connectivity index (χ3n) is 3.41. The first kappa shape index (κ1) is 13.7. The molecule has 0 bridgehead atoms. The van der Waals surface area contributed by atoms with Gasteiger partial charge in [0.05, 0.1) is 22.0 Å². The Kier molecular flexibility index (Phi) is 3.93. The lowest BCUT2D eigenvalue weighted by molar-refractivity contribution is 0.501. The highest BCUT2D eigenvalue weighted by atomic mass is 35.5. The molecule has 0 atom stereocenters. The van der Waals surface area contributed by atoms with E-state index >= 15 is 0 Å². The van der Waals surface area contributed by atoms with Gasteiger partial charge in [-0.05, 0) is 25.0 Å². The van der Waals surface area contributed by atoms with Gasteiger partial charge >= 0.3 is 0 Å². The van der Waals surface area contributed by atoms with Crippen LogP contribution in [-0.4, -0.2) is 24.8 Å². The zero-order valence-corrected chi connectivity index (χ0v) is 11.2. The van der Waals surface area contributed by atoms with Gasteiger partial charge in [-0.3, -0.25) is 5.41 Å². The molecule has 1 aliphatic heterocycles. The second-order valence-corrected chi connectivity index (χ2v) is 5.07. The van der Waals surface area contributed by atoms with E-state index in [1.165, 1.54) is 0 Å². The van der Waals surface area contributed by atoms with E-state index in [1.54, 1.807) is 12.1 Å². The van der Waals surface area contributed by atoms with E-state index in [-0.39, 0.29) is 11.8 Å². The van der Waals surface area contributed by atoms with Crippen LogP contribution in [0.25, 0.3) is 0 Å². The van der Waals surface area contributed by atoms with Crippen LogP contribution < -0.4 is 16.4 Å². The molecule has 1 aliphatic rings. The summed E-state index contributed by atoms with van der Waals surface area (Å²) >= 11 is 6.03. The molecule has 1 aromatic rings. The van der Waals surface area contributed by atoms with Crippen LogP contribution >= 0.6 is 11.6 Å². The van der Waals surface area contributed by atoms with E-state index in [0.29, 0.717) is 16.3 Å². The number of halogens is 1. The molecule has 0 aromatic heterocycles. The molecule has 0 aliphatic carbocycles. The summed E-state index contributed by atoms with van der Waals surface area (Å²) in [6.07, 6.45) is 1.82. The highest BCUT2D eigenvalue weighted by molar-refractivity contribution is 6.36. The molecule has 1 fully saturated rings. The quantitative estimate of drug-likeness (QED) is 0.566. The SMILES string of the molecule is N#CC(=N)c1c(Cl)ccc(N2CCC(N)CC2)c1N. The molecule has 2 rings (SSSR count). The summed E-state index contributed by atoms with van der Waals surface area (Å²) in [5.41, 5.74) is 13.3. The maximum atomic E-state index is 8.85. The third-order valence-corrected chi connectivity index (χ3v) is 3.73. The van der Waals surface area contributed by atoms with Crippen LogP contribution in [0, 0.1) is 16.7 Å². The molecule has 1 heterocycles. The van der Waals surface area contributed by atoms with Crippen LogP contribution in [0.3, 0.4) is 0 Å². The molecule has 0 radical (unpaired) electrons. The molecule has 1 saturated heterocycles. The summed E-state index contributed by atoms with van der Waals surface area (Å²) in [5.74, 6) is 0. The van der Waals surface area contributed by atoms with E-state index in [4.69, 9.17) is 33.7 Å². The maximum Gasteiger partial charge on any atom is 0.143 e. The zero-order valence-electron chi connectivity index (χ0n) is 10.5. The van der Waals surface area contributed by atoms with E-state index in [9.17, 15) is 0 Å². The van der Waals surface area contributed by atoms with Crippen molar-refractivity contribution in [2.45, 2.75) is 18.9 Å². The molecule has 100 valence electrons. The van der Waals surface area contributed by atoms with E-state index < -0.39 is 0 Å². The van der Waals surface area contributed by atoms with Gasteiger partial charge in [0.25, 0.3) is 0 Å². The average Bonchev–Trinajstić information content (AvgIpc) is 2.40. The van der Waals surface area contributed by atoms with Crippen LogP contribution in [0.15, 0.2) is 12.1 Å². The molecule has 0 unspecified atom stereocenters. The lowest BCUT2D eigenvalue weighted by Gasteiger charge is -2.33. The molecule has 0 spiro atoms. The lowest BCUT2D eigenvalue weighted by Crippen LogP contribution is -2.40. The molecule has 1 aromatic carbocycles. The molecular weight excluding hydrogens is 262 g/mol. The number of nitriles is 1. The molecular formula is C13H16ClN5. The van der Waals surface area contributed by atoms with Gasteiger partial charge in [-0.1, -0.05) is 11.6 Å². The number of nitrogens with one attached hydrogen (secondary N) is 1. The minimum Gasteiger partial charge on any atom is -0.396 e. The Hall–Kier alpha value is -1.77. The monoisotopic (exact) mass is 277 g/mol. The first-order valence-electron chi connectivity index (χ1n) is 6.12. The predicted octanol–water partition coefficient (Wildman–Crippen LogP) is 1.74. The van der Waals surface area contributed by atoms with Gasteiger partial charge in [0, 0.05) is 19.1 Å². The summed E-state index contributed by atoms with van der Waals surface area (Å²) < 4.78 is 0. The van der Waals surface area contributed by atoms with Gasteiger partial charge < -0.3 is 16.4 Å². The fourth-order valence-corrected chi connectivity index (χ4v) is 2.57. The molecule has 5 N–H and O–H groups in total. The van der Waals surface area contributed by atoms with Gasteiger partial charge in [0.15, 0.2) is 0 Å². The van der Waals surface area contributed by atoms with Gasteiger partial charge in [-0.2, -0.15) is 5.26 Å². The Morgan fingerprint density at radius 2 is 2.05 bits per heavy atom. The van der Waals surface area contributed by atoms with Crippen LogP contribution in [0.4, 0.5) is 11.4 Å². The number of anilines is 2. The standard InChI is InChI=1S/C13H16ClN5/c14-9-1-2-11(13(18)12(9)10(17)7-15)19-5-3-8(16)4-6-19/h1-2,8,17H,3-6,16,18H2. The van der Waals surface area contributed by atoms with Crippen molar-refractivity contribution in [1.29, 1.82) is 10.7 Å². The van der Waals surface area contributed by atoms with E-state index in [0.717, 1.165) is 31.6 Å². The van der Waals surface area contributed by atoms with Crippen LogP contribution in [0.1, 0.15) is 18.4 Å². The number of hydrogen-bond acceptors (Lipinski definition) is 5. The number of piperidine rings is 1. The first-order valence-corrected chi connectivity index (χ1v) is 6.50. The summed E-state index contributed by atoms with van der Waals surface area (Å²) in [6, 6.07) is 5.54. The van der Waals surface area contributed by atoms with Crippen molar-refractivity contribution in [3.63, 3.8) is 0 Å². The topological polar surface area (TPSA) is 103 Å². The minimum absolute atomic E-state index is 0.210. The van der Waals surface area contributed by atoms with Crippen molar-refractivity contribution in [3.8, 4) is 6.07 Å². The van der Waals surface area contributed by atoms with Crippen molar-refractivity contribution in [2.75, 3.05) is 23.7 Å². The van der Waals surface area contributed by atoms with Crippen LogP contribution in [0.2, 0.25) is 5.02 Å². The van der Waals surface area contributed by atoms with Crippen molar-refractivity contribution < 1.29 is 0 Å². The van der Waals surface area contributed by atoms with Gasteiger partial charge in [0.1, 0.15) is 11.8 Å². The summed E-state index contributed by atoms with van der Waals surface area (Å²) in [7, 11) is 0. The molecule has 19 heavy (non-hydrogen) atoms. The fourth-order valence-electron chi connectivity index (χ4n) is 2.31. The molecule has 6 heteroatoms. The Morgan fingerprint density at radius 3 is 2.63 bits per heavy atom. The summed E-state index contributed by atoms with van der Waals surface area (Å²) in [6.45, 7) is 1.65. The van der Waals surface area contributed by atoms with Gasteiger partial charge in [0.2, 0.25) is 0 Å². The minimum atomic E-state index is -0.210. The number of nitrogens with two attached hydrogens (primary N) is 2. The Morgan fingerprint density at radius 1 is 1.42 bits per heavy atom. The third kappa shape index (κ3) is 2.65. The van der Waals surface area contributed by atoms with Gasteiger partial charge in [-0.25, -0.2) is 0 Å². The van der Waals surface area contributed by atoms with Crippen molar-refractivity contribution in [3.05, 3.63) is 22.7 Å². The zero-order chi connectivity index (χ0) is 14.0. The molecule has 0 amide bonds. The Bertz CT molecular complexity index is 541.